The standard InChI is InChI=1S/C21H17BrN6O/c22-15-10-8-14(9-11-15)21(29)28-27-20-18(23)19(24-12-25-20)26-17-7-3-5-13-4-1-2-6-16(13)17/h1-12H,23H2,(H,28,29)(H2,24,25,26,27). The highest BCUT2D eigenvalue weighted by Gasteiger charge is 2.11. The van der Waals surface area contributed by atoms with Crippen LogP contribution >= 0.6 is 15.9 Å². The molecule has 3 aromatic carbocycles. The molecule has 0 saturated heterocycles. The molecule has 0 saturated carbocycles. The summed E-state index contributed by atoms with van der Waals surface area (Å²) < 4.78 is 0.895. The number of carbonyl (C=O) groups excluding carboxylic acids is 1. The lowest BCUT2D eigenvalue weighted by molar-refractivity contribution is 0.0962. The maximum Gasteiger partial charge on any atom is 0.269 e. The van der Waals surface area contributed by atoms with Gasteiger partial charge in [0, 0.05) is 21.1 Å². The highest BCUT2D eigenvalue weighted by atomic mass is 79.9. The van der Waals surface area contributed by atoms with Crippen molar-refractivity contribution < 1.29 is 4.79 Å². The van der Waals surface area contributed by atoms with Gasteiger partial charge in [0.15, 0.2) is 11.6 Å². The number of halogens is 1. The first-order valence-corrected chi connectivity index (χ1v) is 9.58. The van der Waals surface area contributed by atoms with E-state index in [0.717, 1.165) is 20.9 Å². The zero-order valence-corrected chi connectivity index (χ0v) is 16.8. The first-order chi connectivity index (χ1) is 14.1. The number of benzene rings is 3. The second-order valence-electron chi connectivity index (χ2n) is 6.22. The summed E-state index contributed by atoms with van der Waals surface area (Å²) in [6, 6.07) is 21.0. The molecule has 0 spiro atoms. The van der Waals surface area contributed by atoms with Crippen molar-refractivity contribution in [1.82, 2.24) is 15.4 Å². The minimum atomic E-state index is -0.306. The van der Waals surface area contributed by atoms with Crippen molar-refractivity contribution >= 4 is 55.6 Å². The Labute approximate surface area is 175 Å². The summed E-state index contributed by atoms with van der Waals surface area (Å²) in [6.07, 6.45) is 1.37. The zero-order valence-electron chi connectivity index (χ0n) is 15.2. The molecule has 4 aromatic rings. The second-order valence-corrected chi connectivity index (χ2v) is 7.14. The van der Waals surface area contributed by atoms with E-state index >= 15 is 0 Å². The third-order valence-corrected chi connectivity index (χ3v) is 4.86. The van der Waals surface area contributed by atoms with Crippen LogP contribution < -0.4 is 21.9 Å². The molecular formula is C21H17BrN6O. The summed E-state index contributed by atoms with van der Waals surface area (Å²) in [4.78, 5) is 20.6. The van der Waals surface area contributed by atoms with Crippen LogP contribution in [0.2, 0.25) is 0 Å². The highest BCUT2D eigenvalue weighted by Crippen LogP contribution is 2.29. The molecule has 1 heterocycles. The van der Waals surface area contributed by atoms with Gasteiger partial charge in [-0.15, -0.1) is 0 Å². The normalized spacial score (nSPS) is 10.5. The molecule has 0 atom stereocenters. The van der Waals surface area contributed by atoms with Crippen LogP contribution in [0.15, 0.2) is 77.5 Å². The number of amides is 1. The van der Waals surface area contributed by atoms with Gasteiger partial charge in [0.05, 0.1) is 0 Å². The van der Waals surface area contributed by atoms with Crippen molar-refractivity contribution in [3.8, 4) is 0 Å². The largest absolute Gasteiger partial charge is 0.393 e. The minimum absolute atomic E-state index is 0.288. The molecule has 1 aromatic heterocycles. The number of hydrazine groups is 1. The number of hydrogen-bond acceptors (Lipinski definition) is 6. The van der Waals surface area contributed by atoms with Crippen LogP contribution in [-0.4, -0.2) is 15.9 Å². The molecule has 0 bridgehead atoms. The average Bonchev–Trinajstić information content (AvgIpc) is 2.75. The lowest BCUT2D eigenvalue weighted by Gasteiger charge is -2.14. The predicted octanol–water partition coefficient (Wildman–Crippen LogP) is 4.48. The van der Waals surface area contributed by atoms with Crippen molar-refractivity contribution in [2.24, 2.45) is 0 Å². The van der Waals surface area contributed by atoms with Crippen LogP contribution in [0.25, 0.3) is 10.8 Å². The summed E-state index contributed by atoms with van der Waals surface area (Å²) in [5.41, 5.74) is 13.2. The minimum Gasteiger partial charge on any atom is -0.393 e. The Hall–Kier alpha value is -3.65. The number of carbonyl (C=O) groups is 1. The predicted molar refractivity (Wildman–Crippen MR) is 119 cm³/mol. The van der Waals surface area contributed by atoms with E-state index in [1.54, 1.807) is 24.3 Å². The van der Waals surface area contributed by atoms with E-state index in [1.807, 2.05) is 42.5 Å². The van der Waals surface area contributed by atoms with E-state index in [4.69, 9.17) is 5.73 Å². The Bertz CT molecular complexity index is 1170. The van der Waals surface area contributed by atoms with Crippen molar-refractivity contribution in [1.29, 1.82) is 0 Å². The Balaban J connectivity index is 1.53. The first-order valence-electron chi connectivity index (χ1n) is 8.79. The van der Waals surface area contributed by atoms with Gasteiger partial charge in [-0.3, -0.25) is 15.6 Å². The van der Waals surface area contributed by atoms with Crippen LogP contribution in [0.1, 0.15) is 10.4 Å². The zero-order chi connectivity index (χ0) is 20.2. The third kappa shape index (κ3) is 4.12. The van der Waals surface area contributed by atoms with Gasteiger partial charge < -0.3 is 11.1 Å². The fourth-order valence-electron chi connectivity index (χ4n) is 2.85. The summed E-state index contributed by atoms with van der Waals surface area (Å²) in [5.74, 6) is 0.434. The molecule has 5 N–H and O–H groups in total. The topological polar surface area (TPSA) is 105 Å². The molecule has 0 radical (unpaired) electrons. The summed E-state index contributed by atoms with van der Waals surface area (Å²) in [6.45, 7) is 0. The molecule has 0 aliphatic carbocycles. The van der Waals surface area contributed by atoms with Crippen LogP contribution in [0.3, 0.4) is 0 Å². The molecule has 4 rings (SSSR count). The van der Waals surface area contributed by atoms with Gasteiger partial charge in [-0.05, 0) is 35.7 Å². The van der Waals surface area contributed by atoms with Gasteiger partial charge >= 0.3 is 0 Å². The summed E-state index contributed by atoms with van der Waals surface area (Å²) in [7, 11) is 0. The van der Waals surface area contributed by atoms with Gasteiger partial charge in [0.2, 0.25) is 0 Å². The van der Waals surface area contributed by atoms with Gasteiger partial charge in [-0.2, -0.15) is 0 Å². The van der Waals surface area contributed by atoms with Gasteiger partial charge in [-0.25, -0.2) is 9.97 Å². The van der Waals surface area contributed by atoms with Crippen molar-refractivity contribution in [2.45, 2.75) is 0 Å². The van der Waals surface area contributed by atoms with Crippen LogP contribution in [-0.2, 0) is 0 Å². The molecule has 0 fully saturated rings. The summed E-state index contributed by atoms with van der Waals surface area (Å²) >= 11 is 3.34. The van der Waals surface area contributed by atoms with E-state index in [1.165, 1.54) is 6.33 Å². The monoisotopic (exact) mass is 448 g/mol. The molecule has 29 heavy (non-hydrogen) atoms. The number of nitrogens with zero attached hydrogens (tertiary/aromatic N) is 2. The fourth-order valence-corrected chi connectivity index (χ4v) is 3.11. The van der Waals surface area contributed by atoms with E-state index in [2.05, 4.69) is 42.1 Å². The number of nitrogen functional groups attached to an aromatic ring is 1. The number of hydrogen-bond donors (Lipinski definition) is 4. The number of aromatic nitrogens is 2. The van der Waals surface area contributed by atoms with E-state index in [9.17, 15) is 4.79 Å². The van der Waals surface area contributed by atoms with E-state index in [-0.39, 0.29) is 11.6 Å². The van der Waals surface area contributed by atoms with Crippen molar-refractivity contribution in [3.05, 3.63) is 83.1 Å². The molecule has 7 nitrogen and oxygen atoms in total. The third-order valence-electron chi connectivity index (χ3n) is 4.33. The number of nitrogens with one attached hydrogen (secondary N) is 3. The quantitative estimate of drug-likeness (QED) is 0.335. The molecule has 0 unspecified atom stereocenters. The van der Waals surface area contributed by atoms with Crippen LogP contribution in [0, 0.1) is 0 Å². The van der Waals surface area contributed by atoms with Gasteiger partial charge in [0.25, 0.3) is 5.91 Å². The Morgan fingerprint density at radius 1 is 0.897 bits per heavy atom. The Morgan fingerprint density at radius 2 is 1.62 bits per heavy atom. The van der Waals surface area contributed by atoms with E-state index < -0.39 is 0 Å². The van der Waals surface area contributed by atoms with Crippen LogP contribution in [0.4, 0.5) is 23.0 Å². The average molecular weight is 449 g/mol. The number of rotatable bonds is 5. The number of nitrogens with two attached hydrogens (primary N) is 1. The molecule has 0 aliphatic rings. The lowest BCUT2D eigenvalue weighted by Crippen LogP contribution is -2.30. The summed E-state index contributed by atoms with van der Waals surface area (Å²) in [5, 5.41) is 5.40. The van der Waals surface area contributed by atoms with Crippen molar-refractivity contribution in [2.75, 3.05) is 16.5 Å². The number of anilines is 4. The van der Waals surface area contributed by atoms with Gasteiger partial charge in [-0.1, -0.05) is 52.3 Å². The molecule has 1 amide bonds. The number of fused-ring (bicyclic) bond motifs is 1. The highest BCUT2D eigenvalue weighted by molar-refractivity contribution is 9.10. The maximum absolute atomic E-state index is 12.3. The second kappa shape index (κ2) is 8.15. The first kappa shape index (κ1) is 18.7. The SMILES string of the molecule is Nc1c(NNC(=O)c2ccc(Br)cc2)ncnc1Nc1cccc2ccccc12. The smallest absolute Gasteiger partial charge is 0.269 e. The molecule has 8 heteroatoms. The lowest BCUT2D eigenvalue weighted by atomic mass is 10.1. The Morgan fingerprint density at radius 3 is 2.45 bits per heavy atom. The van der Waals surface area contributed by atoms with Crippen LogP contribution in [0.5, 0.6) is 0 Å². The molecule has 0 aliphatic heterocycles. The molecular weight excluding hydrogens is 432 g/mol. The van der Waals surface area contributed by atoms with Gasteiger partial charge in [0.1, 0.15) is 12.0 Å². The fraction of sp³-hybridized carbons (Fsp3) is 0. The van der Waals surface area contributed by atoms with E-state index in [0.29, 0.717) is 17.2 Å². The molecule has 144 valence electrons. The Kier molecular flexibility index (Phi) is 5.26. The maximum atomic E-state index is 12.3. The van der Waals surface area contributed by atoms with Crippen molar-refractivity contribution in [3.63, 3.8) is 0 Å².